The molecule has 168 valence electrons. The van der Waals surface area contributed by atoms with Gasteiger partial charge in [-0.1, -0.05) is 29.3 Å². The molecule has 2 heterocycles. The summed E-state index contributed by atoms with van der Waals surface area (Å²) in [6.45, 7) is 6.76. The largest absolute Gasteiger partial charge is 0.506 e. The monoisotopic (exact) mass is 508 g/mol. The van der Waals surface area contributed by atoms with Crippen molar-refractivity contribution in [2.45, 2.75) is 20.8 Å². The standard InChI is InChI=1S/C23H22Cl2N2O3S2/c1-4-27(5-2)23(30)20-9-8-19(32-20)18(28)11-26-13(3)15-12-31-22(21(15)29)14-6-7-16(24)17(25)10-14/h6-10,12,29H,4-5,11H2,1-3H3. The average molecular weight is 509 g/mol. The molecule has 9 heteroatoms. The Bertz CT molecular complexity index is 1180. The Balaban J connectivity index is 1.74. The van der Waals surface area contributed by atoms with Crippen molar-refractivity contribution in [1.82, 2.24) is 4.90 Å². The Morgan fingerprint density at radius 3 is 2.41 bits per heavy atom. The van der Waals surface area contributed by atoms with E-state index in [1.807, 2.05) is 13.8 Å². The highest BCUT2D eigenvalue weighted by Crippen LogP contribution is 2.40. The summed E-state index contributed by atoms with van der Waals surface area (Å²) >= 11 is 14.6. The van der Waals surface area contributed by atoms with Gasteiger partial charge in [-0.3, -0.25) is 14.6 Å². The van der Waals surface area contributed by atoms with Gasteiger partial charge in [0.25, 0.3) is 5.91 Å². The van der Waals surface area contributed by atoms with Gasteiger partial charge in [-0.05, 0) is 50.6 Å². The minimum absolute atomic E-state index is 0.0668. The van der Waals surface area contributed by atoms with E-state index in [1.54, 1.807) is 47.5 Å². The number of hydrogen-bond donors (Lipinski definition) is 1. The first-order chi connectivity index (χ1) is 15.3. The third kappa shape index (κ3) is 5.23. The van der Waals surface area contributed by atoms with Gasteiger partial charge < -0.3 is 10.0 Å². The Hall–Kier alpha value is -2.19. The van der Waals surface area contributed by atoms with Gasteiger partial charge >= 0.3 is 0 Å². The van der Waals surface area contributed by atoms with Crippen LogP contribution in [-0.4, -0.2) is 47.0 Å². The fourth-order valence-electron chi connectivity index (χ4n) is 3.07. The SMILES string of the molecule is CCN(CC)C(=O)c1ccc(C(=O)CN=C(C)c2csc(-c3ccc(Cl)c(Cl)c3)c2O)s1. The van der Waals surface area contributed by atoms with E-state index in [4.69, 9.17) is 23.2 Å². The molecule has 0 aliphatic carbocycles. The van der Waals surface area contributed by atoms with Crippen LogP contribution in [-0.2, 0) is 0 Å². The van der Waals surface area contributed by atoms with Crippen molar-refractivity contribution >= 4 is 63.3 Å². The Morgan fingerprint density at radius 1 is 1.06 bits per heavy atom. The second-order valence-corrected chi connectivity index (χ2v) is 9.70. The summed E-state index contributed by atoms with van der Waals surface area (Å²) in [4.78, 5) is 32.8. The first-order valence-electron chi connectivity index (χ1n) is 9.96. The van der Waals surface area contributed by atoms with E-state index >= 15 is 0 Å². The Morgan fingerprint density at radius 2 is 1.75 bits per heavy atom. The van der Waals surface area contributed by atoms with Crippen LogP contribution in [0.25, 0.3) is 10.4 Å². The lowest BCUT2D eigenvalue weighted by atomic mass is 10.1. The van der Waals surface area contributed by atoms with Gasteiger partial charge in [0.05, 0.1) is 24.7 Å². The maximum absolute atomic E-state index is 12.6. The number of halogens is 2. The number of ketones is 1. The lowest BCUT2D eigenvalue weighted by molar-refractivity contribution is 0.0777. The third-order valence-electron chi connectivity index (χ3n) is 4.94. The average Bonchev–Trinajstić information content (AvgIpc) is 3.42. The van der Waals surface area contributed by atoms with Crippen LogP contribution in [0.2, 0.25) is 10.0 Å². The number of amides is 1. The van der Waals surface area contributed by atoms with Crippen LogP contribution in [0.5, 0.6) is 5.75 Å². The molecule has 1 aromatic carbocycles. The molecule has 32 heavy (non-hydrogen) atoms. The molecule has 0 spiro atoms. The first kappa shape index (κ1) is 24.5. The molecule has 0 aliphatic heterocycles. The molecule has 1 amide bonds. The van der Waals surface area contributed by atoms with Gasteiger partial charge in [-0.2, -0.15) is 0 Å². The second kappa shape index (κ2) is 10.6. The van der Waals surface area contributed by atoms with Crippen molar-refractivity contribution in [3.8, 4) is 16.2 Å². The predicted molar refractivity (Wildman–Crippen MR) is 134 cm³/mol. The molecule has 0 saturated heterocycles. The van der Waals surface area contributed by atoms with Gasteiger partial charge in [-0.15, -0.1) is 22.7 Å². The van der Waals surface area contributed by atoms with E-state index in [2.05, 4.69) is 4.99 Å². The lowest BCUT2D eigenvalue weighted by Gasteiger charge is -2.17. The number of hydrogen-bond acceptors (Lipinski definition) is 6. The number of benzene rings is 1. The number of rotatable bonds is 8. The molecular weight excluding hydrogens is 487 g/mol. The molecule has 3 aromatic rings. The zero-order valence-electron chi connectivity index (χ0n) is 17.8. The minimum atomic E-state index is -0.174. The van der Waals surface area contributed by atoms with Crippen LogP contribution in [0.3, 0.4) is 0 Å². The van der Waals surface area contributed by atoms with E-state index in [-0.39, 0.29) is 24.0 Å². The fraction of sp³-hybridized carbons (Fsp3) is 0.261. The summed E-state index contributed by atoms with van der Waals surface area (Å²) in [6, 6.07) is 8.51. The molecule has 0 radical (unpaired) electrons. The zero-order valence-corrected chi connectivity index (χ0v) is 21.0. The summed E-state index contributed by atoms with van der Waals surface area (Å²) in [5.41, 5.74) is 1.86. The highest BCUT2D eigenvalue weighted by atomic mass is 35.5. The number of carbonyl (C=O) groups is 2. The van der Waals surface area contributed by atoms with Gasteiger partial charge in [0.2, 0.25) is 0 Å². The molecule has 5 nitrogen and oxygen atoms in total. The maximum atomic E-state index is 12.6. The molecule has 2 aromatic heterocycles. The van der Waals surface area contributed by atoms with Crippen molar-refractivity contribution in [3.05, 3.63) is 61.1 Å². The summed E-state index contributed by atoms with van der Waals surface area (Å²) in [5, 5.41) is 13.3. The van der Waals surface area contributed by atoms with Crippen LogP contribution in [0.4, 0.5) is 0 Å². The zero-order chi connectivity index (χ0) is 23.4. The van der Waals surface area contributed by atoms with Crippen LogP contribution in [0.1, 0.15) is 45.7 Å². The third-order valence-corrected chi connectivity index (χ3v) is 7.81. The highest BCUT2D eigenvalue weighted by Gasteiger charge is 2.18. The minimum Gasteiger partial charge on any atom is -0.506 e. The molecule has 0 atom stereocenters. The van der Waals surface area contributed by atoms with E-state index in [0.29, 0.717) is 49.0 Å². The van der Waals surface area contributed by atoms with Crippen molar-refractivity contribution in [1.29, 1.82) is 0 Å². The molecule has 1 N–H and O–H groups in total. The summed E-state index contributed by atoms with van der Waals surface area (Å²) in [7, 11) is 0. The molecule has 3 rings (SSSR count). The topological polar surface area (TPSA) is 70.0 Å². The number of aromatic hydroxyl groups is 1. The molecule has 0 aliphatic rings. The van der Waals surface area contributed by atoms with E-state index in [9.17, 15) is 14.7 Å². The summed E-state index contributed by atoms with van der Waals surface area (Å²) in [5.74, 6) is -0.158. The number of aliphatic imine (C=N–C) groups is 1. The number of carbonyl (C=O) groups excluding carboxylic acids is 2. The van der Waals surface area contributed by atoms with Gasteiger partial charge in [0.1, 0.15) is 12.3 Å². The van der Waals surface area contributed by atoms with Crippen LogP contribution >= 0.6 is 45.9 Å². The van der Waals surface area contributed by atoms with Crippen LogP contribution in [0.15, 0.2) is 40.7 Å². The molecule has 0 saturated carbocycles. The van der Waals surface area contributed by atoms with E-state index in [1.165, 1.54) is 22.7 Å². The first-order valence-corrected chi connectivity index (χ1v) is 12.4. The summed E-state index contributed by atoms with van der Waals surface area (Å²) in [6.07, 6.45) is 0. The normalized spacial score (nSPS) is 11.6. The summed E-state index contributed by atoms with van der Waals surface area (Å²) < 4.78 is 0. The quantitative estimate of drug-likeness (QED) is 0.273. The number of Topliss-reactive ketones (excluding diaryl/α,β-unsaturated/α-hetero) is 1. The Kier molecular flexibility index (Phi) is 8.11. The fourth-order valence-corrected chi connectivity index (χ4v) is 5.28. The predicted octanol–water partition coefficient (Wildman–Crippen LogP) is 6.66. The van der Waals surface area contributed by atoms with Crippen LogP contribution in [0, 0.1) is 0 Å². The van der Waals surface area contributed by atoms with Crippen molar-refractivity contribution in [2.24, 2.45) is 4.99 Å². The lowest BCUT2D eigenvalue weighted by Crippen LogP contribution is -2.29. The van der Waals surface area contributed by atoms with Gasteiger partial charge in [0.15, 0.2) is 5.78 Å². The second-order valence-electron chi connectivity index (χ2n) is 6.92. The molecule has 0 unspecified atom stereocenters. The molecule has 0 bridgehead atoms. The molecule has 0 fully saturated rings. The van der Waals surface area contributed by atoms with Crippen molar-refractivity contribution in [3.63, 3.8) is 0 Å². The smallest absolute Gasteiger partial charge is 0.263 e. The van der Waals surface area contributed by atoms with Crippen molar-refractivity contribution < 1.29 is 14.7 Å². The molecular formula is C23H22Cl2N2O3S2. The van der Waals surface area contributed by atoms with Crippen molar-refractivity contribution in [2.75, 3.05) is 19.6 Å². The van der Waals surface area contributed by atoms with E-state index < -0.39 is 0 Å². The Labute approximate surface area is 204 Å². The van der Waals surface area contributed by atoms with Gasteiger partial charge in [0, 0.05) is 29.7 Å². The number of nitrogens with zero attached hydrogens (tertiary/aromatic N) is 2. The van der Waals surface area contributed by atoms with E-state index in [0.717, 1.165) is 5.56 Å². The van der Waals surface area contributed by atoms with Gasteiger partial charge in [-0.25, -0.2) is 0 Å². The van der Waals surface area contributed by atoms with Crippen LogP contribution < -0.4 is 0 Å². The maximum Gasteiger partial charge on any atom is 0.263 e. The number of thiophene rings is 2. The highest BCUT2D eigenvalue weighted by molar-refractivity contribution is 7.16.